The number of imidazole rings is 1. The van der Waals surface area contributed by atoms with Gasteiger partial charge >= 0.3 is 6.18 Å². The largest absolute Gasteiger partial charge is 0.416 e. The Hall–Kier alpha value is -1.60. The van der Waals surface area contributed by atoms with E-state index in [1.165, 1.54) is 6.07 Å². The molecule has 2 N–H and O–H groups in total. The van der Waals surface area contributed by atoms with E-state index in [1.807, 2.05) is 0 Å². The summed E-state index contributed by atoms with van der Waals surface area (Å²) in [5.41, 5.74) is 6.10. The van der Waals surface area contributed by atoms with Crippen LogP contribution in [0.1, 0.15) is 38.1 Å². The van der Waals surface area contributed by atoms with E-state index in [4.69, 9.17) is 5.73 Å². The summed E-state index contributed by atoms with van der Waals surface area (Å²) in [6, 6.07) is 3.81. The van der Waals surface area contributed by atoms with Gasteiger partial charge in [0, 0.05) is 13.0 Å². The van der Waals surface area contributed by atoms with Crippen LogP contribution in [0, 0.1) is 0 Å². The van der Waals surface area contributed by atoms with Crippen molar-refractivity contribution in [1.29, 1.82) is 0 Å². The fraction of sp³-hybridized carbons (Fsp3) is 0.611. The van der Waals surface area contributed by atoms with E-state index < -0.39 is 11.7 Å². The van der Waals surface area contributed by atoms with Crippen molar-refractivity contribution in [3.05, 3.63) is 29.6 Å². The van der Waals surface area contributed by atoms with Gasteiger partial charge in [0.1, 0.15) is 5.82 Å². The molecule has 0 saturated carbocycles. The van der Waals surface area contributed by atoms with Gasteiger partial charge in [0.05, 0.1) is 16.6 Å². The first-order chi connectivity index (χ1) is 11.9. The van der Waals surface area contributed by atoms with Crippen molar-refractivity contribution in [2.75, 3.05) is 26.2 Å². The van der Waals surface area contributed by atoms with Crippen LogP contribution in [0.15, 0.2) is 18.2 Å². The van der Waals surface area contributed by atoms with Crippen molar-refractivity contribution in [3.8, 4) is 0 Å². The van der Waals surface area contributed by atoms with E-state index in [0.717, 1.165) is 62.5 Å². The van der Waals surface area contributed by atoms with Crippen molar-refractivity contribution in [2.24, 2.45) is 5.73 Å². The summed E-state index contributed by atoms with van der Waals surface area (Å²) in [5, 5.41) is 0. The van der Waals surface area contributed by atoms with Crippen LogP contribution >= 0.6 is 0 Å². The van der Waals surface area contributed by atoms with Gasteiger partial charge in [-0.3, -0.25) is 0 Å². The SMILES string of the molecule is CCN(CC)CCCn1c(CCCN)nc2cc(C(F)(F)F)ccc21. The maximum absolute atomic E-state index is 12.9. The lowest BCUT2D eigenvalue weighted by Gasteiger charge is -2.18. The molecule has 4 nitrogen and oxygen atoms in total. The maximum Gasteiger partial charge on any atom is 0.416 e. The average molecular weight is 356 g/mol. The first kappa shape index (κ1) is 19.7. The minimum Gasteiger partial charge on any atom is -0.330 e. The topological polar surface area (TPSA) is 47.1 Å². The van der Waals surface area contributed by atoms with Crippen molar-refractivity contribution < 1.29 is 13.2 Å². The number of rotatable bonds is 9. The Balaban J connectivity index is 2.27. The molecule has 0 spiro atoms. The minimum absolute atomic E-state index is 0.407. The van der Waals surface area contributed by atoms with E-state index in [0.29, 0.717) is 18.5 Å². The predicted molar refractivity (Wildman–Crippen MR) is 94.5 cm³/mol. The predicted octanol–water partition coefficient (Wildman–Crippen LogP) is 3.68. The van der Waals surface area contributed by atoms with Gasteiger partial charge in [-0.25, -0.2) is 4.98 Å². The van der Waals surface area contributed by atoms with Crippen molar-refractivity contribution in [2.45, 2.75) is 45.8 Å². The van der Waals surface area contributed by atoms with Gasteiger partial charge in [0.15, 0.2) is 0 Å². The van der Waals surface area contributed by atoms with E-state index >= 15 is 0 Å². The van der Waals surface area contributed by atoms with Gasteiger partial charge in [0.2, 0.25) is 0 Å². The molecule has 0 radical (unpaired) electrons. The maximum atomic E-state index is 12.9. The van der Waals surface area contributed by atoms with Gasteiger partial charge in [0.25, 0.3) is 0 Å². The van der Waals surface area contributed by atoms with Crippen LogP contribution in [-0.4, -0.2) is 40.6 Å². The number of aryl methyl sites for hydroxylation is 2. The third kappa shape index (κ3) is 4.95. The second-order valence-electron chi connectivity index (χ2n) is 6.15. The molecule has 1 aromatic heterocycles. The molecule has 0 amide bonds. The first-order valence-electron chi connectivity index (χ1n) is 8.89. The molecule has 7 heteroatoms. The minimum atomic E-state index is -4.35. The molecule has 1 aromatic carbocycles. The smallest absolute Gasteiger partial charge is 0.330 e. The highest BCUT2D eigenvalue weighted by Gasteiger charge is 2.31. The van der Waals surface area contributed by atoms with Crippen molar-refractivity contribution in [3.63, 3.8) is 0 Å². The molecule has 25 heavy (non-hydrogen) atoms. The Morgan fingerprint density at radius 3 is 2.48 bits per heavy atom. The lowest BCUT2D eigenvalue weighted by molar-refractivity contribution is -0.137. The number of benzene rings is 1. The third-order valence-corrected chi connectivity index (χ3v) is 4.51. The summed E-state index contributed by atoms with van der Waals surface area (Å²) in [6.45, 7) is 8.49. The summed E-state index contributed by atoms with van der Waals surface area (Å²) in [4.78, 5) is 6.79. The molecule has 2 aromatic rings. The fourth-order valence-corrected chi connectivity index (χ4v) is 3.05. The molecular formula is C18H27F3N4. The average Bonchev–Trinajstić information content (AvgIpc) is 2.93. The lowest BCUT2D eigenvalue weighted by atomic mass is 10.2. The number of aromatic nitrogens is 2. The summed E-state index contributed by atoms with van der Waals surface area (Å²) < 4.78 is 40.9. The highest BCUT2D eigenvalue weighted by atomic mass is 19.4. The lowest BCUT2D eigenvalue weighted by Crippen LogP contribution is -2.25. The Morgan fingerprint density at radius 1 is 1.16 bits per heavy atom. The number of alkyl halides is 3. The third-order valence-electron chi connectivity index (χ3n) is 4.51. The monoisotopic (exact) mass is 356 g/mol. The first-order valence-corrected chi connectivity index (χ1v) is 8.89. The van der Waals surface area contributed by atoms with Gasteiger partial charge in [-0.2, -0.15) is 13.2 Å². The Kier molecular flexibility index (Phi) is 6.84. The zero-order valence-electron chi connectivity index (χ0n) is 14.9. The summed E-state index contributed by atoms with van der Waals surface area (Å²) in [5.74, 6) is 0.819. The van der Waals surface area contributed by atoms with Crippen LogP contribution in [0.25, 0.3) is 11.0 Å². The number of nitrogens with zero attached hydrogens (tertiary/aromatic N) is 3. The molecule has 0 unspecified atom stereocenters. The summed E-state index contributed by atoms with van der Waals surface area (Å²) in [6.07, 6.45) is -1.97. The molecule has 0 aliphatic rings. The zero-order chi connectivity index (χ0) is 18.4. The van der Waals surface area contributed by atoms with Gasteiger partial charge in [-0.05, 0) is 57.2 Å². The van der Waals surface area contributed by atoms with Gasteiger partial charge in [-0.1, -0.05) is 13.8 Å². The van der Waals surface area contributed by atoms with Crippen molar-refractivity contribution in [1.82, 2.24) is 14.5 Å². The highest BCUT2D eigenvalue weighted by molar-refractivity contribution is 5.77. The van der Waals surface area contributed by atoms with Crippen LogP contribution in [0.3, 0.4) is 0 Å². The number of nitrogens with two attached hydrogens (primary N) is 1. The zero-order valence-corrected chi connectivity index (χ0v) is 14.9. The summed E-state index contributed by atoms with van der Waals surface area (Å²) in [7, 11) is 0. The van der Waals surface area contributed by atoms with E-state index in [-0.39, 0.29) is 0 Å². The quantitative estimate of drug-likeness (QED) is 0.746. The number of fused-ring (bicyclic) bond motifs is 1. The number of hydrogen-bond acceptors (Lipinski definition) is 3. The number of halogens is 3. The van der Waals surface area contributed by atoms with Crippen LogP contribution in [-0.2, 0) is 19.1 Å². The van der Waals surface area contributed by atoms with E-state index in [9.17, 15) is 13.2 Å². The molecule has 1 heterocycles. The molecule has 0 bridgehead atoms. The molecule has 2 rings (SSSR count). The van der Waals surface area contributed by atoms with Crippen molar-refractivity contribution >= 4 is 11.0 Å². The highest BCUT2D eigenvalue weighted by Crippen LogP contribution is 2.31. The van der Waals surface area contributed by atoms with Crippen LogP contribution in [0.4, 0.5) is 13.2 Å². The van der Waals surface area contributed by atoms with Crippen LogP contribution in [0.5, 0.6) is 0 Å². The fourth-order valence-electron chi connectivity index (χ4n) is 3.05. The van der Waals surface area contributed by atoms with E-state index in [2.05, 4.69) is 28.3 Å². The van der Waals surface area contributed by atoms with E-state index in [1.54, 1.807) is 0 Å². The molecule has 0 aliphatic heterocycles. The molecule has 0 saturated heterocycles. The van der Waals surface area contributed by atoms with Gasteiger partial charge in [-0.15, -0.1) is 0 Å². The molecule has 140 valence electrons. The molecule has 0 atom stereocenters. The Morgan fingerprint density at radius 2 is 1.88 bits per heavy atom. The normalized spacial score (nSPS) is 12.4. The Bertz CT molecular complexity index is 675. The Labute approximate surface area is 146 Å². The van der Waals surface area contributed by atoms with Crippen LogP contribution in [0.2, 0.25) is 0 Å². The van der Waals surface area contributed by atoms with Gasteiger partial charge < -0.3 is 15.2 Å². The second-order valence-corrected chi connectivity index (χ2v) is 6.15. The van der Waals surface area contributed by atoms with Crippen LogP contribution < -0.4 is 5.73 Å². The molecule has 0 fully saturated rings. The molecule has 0 aliphatic carbocycles. The standard InChI is InChI=1S/C18H27F3N4/c1-3-24(4-2)11-6-12-25-16-9-8-14(18(19,20)21)13-15(16)23-17(25)7-5-10-22/h8-9,13H,3-7,10-12,22H2,1-2H3. The molecular weight excluding hydrogens is 329 g/mol. The second kappa shape index (κ2) is 8.67. The summed E-state index contributed by atoms with van der Waals surface area (Å²) >= 11 is 0. The number of hydrogen-bond donors (Lipinski definition) is 1.